The summed E-state index contributed by atoms with van der Waals surface area (Å²) in [7, 11) is 0. The van der Waals surface area contributed by atoms with Crippen molar-refractivity contribution in [1.29, 1.82) is 0 Å². The van der Waals surface area contributed by atoms with E-state index in [1.54, 1.807) is 6.20 Å². The smallest absolute Gasteiger partial charge is 0.239 e. The fraction of sp³-hybridized carbons (Fsp3) is 0.571. The first-order chi connectivity index (χ1) is 8.77. The van der Waals surface area contributed by atoms with Gasteiger partial charge in [-0.15, -0.1) is 0 Å². The Kier molecular flexibility index (Phi) is 4.70. The number of piperidine rings is 1. The number of amides is 1. The molecule has 0 aliphatic carbocycles. The van der Waals surface area contributed by atoms with Crippen LogP contribution in [0.5, 0.6) is 0 Å². The van der Waals surface area contributed by atoms with Gasteiger partial charge in [-0.3, -0.25) is 9.78 Å². The van der Waals surface area contributed by atoms with Gasteiger partial charge in [0.15, 0.2) is 0 Å². The van der Waals surface area contributed by atoms with Gasteiger partial charge in [0.1, 0.15) is 0 Å². The molecule has 98 valence electrons. The van der Waals surface area contributed by atoms with Gasteiger partial charge in [-0.25, -0.2) is 0 Å². The zero-order valence-electron chi connectivity index (χ0n) is 10.9. The van der Waals surface area contributed by atoms with Gasteiger partial charge < -0.3 is 10.2 Å². The van der Waals surface area contributed by atoms with Crippen LogP contribution in [0.3, 0.4) is 0 Å². The molecule has 2 rings (SSSR count). The van der Waals surface area contributed by atoms with Crippen molar-refractivity contribution in [1.82, 2.24) is 15.2 Å². The molecule has 1 aliphatic rings. The van der Waals surface area contributed by atoms with E-state index in [1.807, 2.05) is 30.2 Å². The van der Waals surface area contributed by atoms with E-state index in [0.29, 0.717) is 6.54 Å². The molecule has 4 nitrogen and oxygen atoms in total. The average molecular weight is 247 g/mol. The second kappa shape index (κ2) is 6.50. The molecular weight excluding hydrogens is 226 g/mol. The molecule has 1 N–H and O–H groups in total. The molecular formula is C14H21N3O. The Labute approximate surface area is 108 Å². The van der Waals surface area contributed by atoms with Gasteiger partial charge in [-0.1, -0.05) is 6.07 Å². The van der Waals surface area contributed by atoms with E-state index < -0.39 is 0 Å². The largest absolute Gasteiger partial charge is 0.341 e. The van der Waals surface area contributed by atoms with Gasteiger partial charge in [0.05, 0.1) is 6.04 Å². The quantitative estimate of drug-likeness (QED) is 0.878. The van der Waals surface area contributed by atoms with Crippen molar-refractivity contribution < 1.29 is 4.79 Å². The lowest BCUT2D eigenvalue weighted by Crippen LogP contribution is -2.46. The zero-order chi connectivity index (χ0) is 12.8. The lowest BCUT2D eigenvalue weighted by molar-refractivity contribution is -0.133. The SMILES string of the molecule is CC(NCc1cccnc1)C(=O)N1CCCCC1. The van der Waals surface area contributed by atoms with Crippen molar-refractivity contribution in [3.63, 3.8) is 0 Å². The number of rotatable bonds is 4. The van der Waals surface area contributed by atoms with E-state index in [1.165, 1.54) is 6.42 Å². The summed E-state index contributed by atoms with van der Waals surface area (Å²) in [5.74, 6) is 0.221. The Morgan fingerprint density at radius 2 is 2.22 bits per heavy atom. The van der Waals surface area contributed by atoms with Crippen molar-refractivity contribution >= 4 is 5.91 Å². The maximum Gasteiger partial charge on any atom is 0.239 e. The number of nitrogens with one attached hydrogen (secondary N) is 1. The van der Waals surface area contributed by atoms with Crippen molar-refractivity contribution in [3.05, 3.63) is 30.1 Å². The normalized spacial score (nSPS) is 17.5. The van der Waals surface area contributed by atoms with Gasteiger partial charge in [0.25, 0.3) is 0 Å². The molecule has 1 atom stereocenters. The molecule has 1 fully saturated rings. The fourth-order valence-electron chi connectivity index (χ4n) is 2.25. The second-order valence-electron chi connectivity index (χ2n) is 4.85. The molecule has 0 radical (unpaired) electrons. The fourth-order valence-corrected chi connectivity index (χ4v) is 2.25. The van der Waals surface area contributed by atoms with E-state index in [-0.39, 0.29) is 11.9 Å². The molecule has 0 bridgehead atoms. The molecule has 1 aromatic heterocycles. The highest BCUT2D eigenvalue weighted by Gasteiger charge is 2.21. The molecule has 2 heterocycles. The van der Waals surface area contributed by atoms with Crippen molar-refractivity contribution in [2.75, 3.05) is 13.1 Å². The van der Waals surface area contributed by atoms with Gasteiger partial charge in [0.2, 0.25) is 5.91 Å². The number of hydrogen-bond acceptors (Lipinski definition) is 3. The third-order valence-corrected chi connectivity index (χ3v) is 3.37. The summed E-state index contributed by atoms with van der Waals surface area (Å²) >= 11 is 0. The van der Waals surface area contributed by atoms with E-state index in [9.17, 15) is 4.79 Å². The first-order valence-electron chi connectivity index (χ1n) is 6.68. The molecule has 18 heavy (non-hydrogen) atoms. The highest BCUT2D eigenvalue weighted by atomic mass is 16.2. The molecule has 1 aliphatic heterocycles. The predicted molar refractivity (Wildman–Crippen MR) is 71.0 cm³/mol. The highest BCUT2D eigenvalue weighted by molar-refractivity contribution is 5.81. The summed E-state index contributed by atoms with van der Waals surface area (Å²) in [5, 5.41) is 3.26. The van der Waals surface area contributed by atoms with E-state index in [4.69, 9.17) is 0 Å². The maximum atomic E-state index is 12.2. The predicted octanol–water partition coefficient (Wildman–Crippen LogP) is 1.57. The van der Waals surface area contributed by atoms with Crippen molar-refractivity contribution in [2.45, 2.75) is 38.8 Å². The molecule has 0 saturated carbocycles. The average Bonchev–Trinajstić information content (AvgIpc) is 2.46. The van der Waals surface area contributed by atoms with Crippen LogP contribution >= 0.6 is 0 Å². The summed E-state index contributed by atoms with van der Waals surface area (Å²) in [6, 6.07) is 3.80. The standard InChI is InChI=1S/C14H21N3O/c1-12(14(18)17-8-3-2-4-9-17)16-11-13-6-5-7-15-10-13/h5-7,10,12,16H,2-4,8-9,11H2,1H3. The molecule has 1 aromatic rings. The molecule has 1 amide bonds. The number of aromatic nitrogens is 1. The van der Waals surface area contributed by atoms with Crippen LogP contribution in [-0.2, 0) is 11.3 Å². The molecule has 0 aromatic carbocycles. The number of pyridine rings is 1. The summed E-state index contributed by atoms with van der Waals surface area (Å²) < 4.78 is 0. The zero-order valence-corrected chi connectivity index (χ0v) is 10.9. The van der Waals surface area contributed by atoms with Gasteiger partial charge in [0, 0.05) is 32.0 Å². The van der Waals surface area contributed by atoms with Gasteiger partial charge >= 0.3 is 0 Å². The highest BCUT2D eigenvalue weighted by Crippen LogP contribution is 2.10. The first-order valence-corrected chi connectivity index (χ1v) is 6.68. The molecule has 0 spiro atoms. The van der Waals surface area contributed by atoms with Crippen LogP contribution in [0.2, 0.25) is 0 Å². The summed E-state index contributed by atoms with van der Waals surface area (Å²) in [4.78, 5) is 18.2. The lowest BCUT2D eigenvalue weighted by Gasteiger charge is -2.29. The Hall–Kier alpha value is -1.42. The number of carbonyl (C=O) groups excluding carboxylic acids is 1. The second-order valence-corrected chi connectivity index (χ2v) is 4.85. The number of likely N-dealkylation sites (tertiary alicyclic amines) is 1. The van der Waals surface area contributed by atoms with E-state index >= 15 is 0 Å². The number of hydrogen-bond donors (Lipinski definition) is 1. The van der Waals surface area contributed by atoms with E-state index in [2.05, 4.69) is 10.3 Å². The minimum absolute atomic E-state index is 0.122. The van der Waals surface area contributed by atoms with Crippen LogP contribution in [0.1, 0.15) is 31.7 Å². The summed E-state index contributed by atoms with van der Waals surface area (Å²) in [5.41, 5.74) is 1.11. The minimum Gasteiger partial charge on any atom is -0.341 e. The van der Waals surface area contributed by atoms with Crippen molar-refractivity contribution in [2.24, 2.45) is 0 Å². The van der Waals surface area contributed by atoms with Crippen LogP contribution in [0.15, 0.2) is 24.5 Å². The Bertz CT molecular complexity index is 374. The van der Waals surface area contributed by atoms with Crippen LogP contribution in [0.4, 0.5) is 0 Å². The maximum absolute atomic E-state index is 12.2. The Balaban J connectivity index is 1.80. The van der Waals surface area contributed by atoms with E-state index in [0.717, 1.165) is 31.5 Å². The summed E-state index contributed by atoms with van der Waals surface area (Å²) in [6.07, 6.45) is 7.11. The topological polar surface area (TPSA) is 45.2 Å². The monoisotopic (exact) mass is 247 g/mol. The first kappa shape index (κ1) is 13.0. The minimum atomic E-state index is -0.122. The van der Waals surface area contributed by atoms with Crippen LogP contribution in [-0.4, -0.2) is 34.9 Å². The van der Waals surface area contributed by atoms with Gasteiger partial charge in [-0.2, -0.15) is 0 Å². The van der Waals surface area contributed by atoms with Crippen LogP contribution < -0.4 is 5.32 Å². The molecule has 1 saturated heterocycles. The van der Waals surface area contributed by atoms with Gasteiger partial charge in [-0.05, 0) is 37.8 Å². The number of carbonyl (C=O) groups is 1. The summed E-state index contributed by atoms with van der Waals surface area (Å²) in [6.45, 7) is 4.46. The molecule has 1 unspecified atom stereocenters. The third-order valence-electron chi connectivity index (χ3n) is 3.37. The third kappa shape index (κ3) is 3.53. The number of nitrogens with zero attached hydrogens (tertiary/aromatic N) is 2. The Morgan fingerprint density at radius 1 is 1.44 bits per heavy atom. The van der Waals surface area contributed by atoms with Crippen molar-refractivity contribution in [3.8, 4) is 0 Å². The van der Waals surface area contributed by atoms with Crippen LogP contribution in [0, 0.1) is 0 Å². The Morgan fingerprint density at radius 3 is 2.89 bits per heavy atom. The molecule has 4 heteroatoms. The van der Waals surface area contributed by atoms with Crippen LogP contribution in [0.25, 0.3) is 0 Å². The lowest BCUT2D eigenvalue weighted by atomic mass is 10.1.